The predicted molar refractivity (Wildman–Crippen MR) is 120 cm³/mol. The second-order valence-electron chi connectivity index (χ2n) is 6.95. The van der Waals surface area contributed by atoms with E-state index in [1.165, 1.54) is 17.3 Å². The fraction of sp³-hybridized carbons (Fsp3) is 0.304. The van der Waals surface area contributed by atoms with Gasteiger partial charge < -0.3 is 15.0 Å². The highest BCUT2D eigenvalue weighted by molar-refractivity contribution is 8.00. The molecule has 1 aromatic heterocycles. The van der Waals surface area contributed by atoms with Crippen LogP contribution in [0.2, 0.25) is 0 Å². The van der Waals surface area contributed by atoms with Crippen LogP contribution in [0.25, 0.3) is 10.9 Å². The van der Waals surface area contributed by atoms with E-state index in [9.17, 15) is 4.79 Å². The summed E-state index contributed by atoms with van der Waals surface area (Å²) in [5, 5.41) is 5.15. The zero-order valence-electron chi connectivity index (χ0n) is 16.6. The van der Waals surface area contributed by atoms with Crippen molar-refractivity contribution in [2.75, 3.05) is 42.3 Å². The summed E-state index contributed by atoms with van der Waals surface area (Å²) in [4.78, 5) is 19.7. The van der Waals surface area contributed by atoms with Crippen LogP contribution in [-0.2, 0) is 16.0 Å². The average molecular weight is 408 g/mol. The summed E-state index contributed by atoms with van der Waals surface area (Å²) < 4.78 is 5.44. The Labute approximate surface area is 175 Å². The number of fused-ring (bicyclic) bond motifs is 1. The van der Waals surface area contributed by atoms with Crippen molar-refractivity contribution in [3.05, 3.63) is 60.2 Å². The molecule has 0 spiro atoms. The topological polar surface area (TPSA) is 54.5 Å². The zero-order chi connectivity index (χ0) is 20.1. The number of carbonyl (C=O) groups is 1. The highest BCUT2D eigenvalue weighted by atomic mass is 32.2. The van der Waals surface area contributed by atoms with Crippen LogP contribution in [0.3, 0.4) is 0 Å². The molecular weight excluding hydrogens is 382 g/mol. The number of para-hydroxylation sites is 3. The Morgan fingerprint density at radius 1 is 1.14 bits per heavy atom. The molecule has 1 amide bonds. The number of anilines is 2. The number of rotatable bonds is 6. The fourth-order valence-corrected chi connectivity index (χ4v) is 4.39. The molecule has 0 atom stereocenters. The summed E-state index contributed by atoms with van der Waals surface area (Å²) in [5.74, 6) is 0.309. The number of benzene rings is 2. The maximum Gasteiger partial charge on any atom is 0.234 e. The van der Waals surface area contributed by atoms with Crippen molar-refractivity contribution in [2.45, 2.75) is 18.4 Å². The lowest BCUT2D eigenvalue weighted by Crippen LogP contribution is -2.36. The number of thioether (sulfide) groups is 1. The van der Waals surface area contributed by atoms with Crippen LogP contribution < -0.4 is 10.2 Å². The Hall–Kier alpha value is -2.57. The minimum Gasteiger partial charge on any atom is -0.378 e. The molecule has 0 unspecified atom stereocenters. The molecule has 1 N–H and O–H groups in total. The standard InChI is InChI=1S/C23H25N3O2S/c1-2-17-15-18-7-3-4-8-19(18)25-23(17)29-16-22(27)24-20-9-5-6-10-21(20)26-11-13-28-14-12-26/h3-10,15H,2,11-14,16H2,1H3,(H,24,27). The summed E-state index contributed by atoms with van der Waals surface area (Å²) >= 11 is 1.50. The van der Waals surface area contributed by atoms with Gasteiger partial charge in [-0.15, -0.1) is 0 Å². The van der Waals surface area contributed by atoms with Crippen molar-refractivity contribution in [1.82, 2.24) is 4.98 Å². The third-order valence-corrected chi connectivity index (χ3v) is 6.05. The fourth-order valence-electron chi connectivity index (χ4n) is 3.50. The number of hydrogen-bond acceptors (Lipinski definition) is 5. The average Bonchev–Trinajstić information content (AvgIpc) is 2.78. The Bertz CT molecular complexity index is 1000. The van der Waals surface area contributed by atoms with Crippen LogP contribution in [-0.4, -0.2) is 42.9 Å². The molecule has 1 aliphatic heterocycles. The highest BCUT2D eigenvalue weighted by Crippen LogP contribution is 2.28. The minimum absolute atomic E-state index is 0.0206. The van der Waals surface area contributed by atoms with Crippen LogP contribution in [0, 0.1) is 0 Å². The van der Waals surface area contributed by atoms with E-state index in [-0.39, 0.29) is 5.91 Å². The number of pyridine rings is 1. The van der Waals surface area contributed by atoms with Crippen LogP contribution in [0.4, 0.5) is 11.4 Å². The maximum absolute atomic E-state index is 12.7. The van der Waals surface area contributed by atoms with Gasteiger partial charge in [0.15, 0.2) is 0 Å². The van der Waals surface area contributed by atoms with Gasteiger partial charge in [-0.25, -0.2) is 4.98 Å². The van der Waals surface area contributed by atoms with Gasteiger partial charge in [0.05, 0.1) is 35.9 Å². The number of aryl methyl sites for hydroxylation is 1. The number of hydrogen-bond donors (Lipinski definition) is 1. The van der Waals surface area contributed by atoms with Crippen molar-refractivity contribution in [2.24, 2.45) is 0 Å². The molecule has 0 bridgehead atoms. The Kier molecular flexibility index (Phi) is 6.32. The SMILES string of the molecule is CCc1cc2ccccc2nc1SCC(=O)Nc1ccccc1N1CCOCC1. The van der Waals surface area contributed by atoms with Gasteiger partial charge in [-0.2, -0.15) is 0 Å². The lowest BCUT2D eigenvalue weighted by atomic mass is 10.1. The van der Waals surface area contributed by atoms with Crippen molar-refractivity contribution in [3.8, 4) is 0 Å². The minimum atomic E-state index is -0.0206. The lowest BCUT2D eigenvalue weighted by Gasteiger charge is -2.30. The Morgan fingerprint density at radius 3 is 2.72 bits per heavy atom. The van der Waals surface area contributed by atoms with Gasteiger partial charge in [0.1, 0.15) is 5.03 Å². The summed E-state index contributed by atoms with van der Waals surface area (Å²) in [6.07, 6.45) is 0.891. The van der Waals surface area contributed by atoms with E-state index in [4.69, 9.17) is 9.72 Å². The summed E-state index contributed by atoms with van der Waals surface area (Å²) in [7, 11) is 0. The molecule has 1 saturated heterocycles. The first-order valence-corrected chi connectivity index (χ1v) is 11.0. The predicted octanol–water partition coefficient (Wildman–Crippen LogP) is 4.36. The van der Waals surface area contributed by atoms with Gasteiger partial charge in [0, 0.05) is 18.5 Å². The molecule has 1 aliphatic rings. The maximum atomic E-state index is 12.7. The first-order valence-electron chi connectivity index (χ1n) is 9.97. The van der Waals surface area contributed by atoms with E-state index < -0.39 is 0 Å². The van der Waals surface area contributed by atoms with Crippen molar-refractivity contribution in [1.29, 1.82) is 0 Å². The zero-order valence-corrected chi connectivity index (χ0v) is 17.4. The smallest absolute Gasteiger partial charge is 0.234 e. The number of carbonyl (C=O) groups excluding carboxylic acids is 1. The van der Waals surface area contributed by atoms with E-state index in [1.54, 1.807) is 0 Å². The quantitative estimate of drug-likeness (QED) is 0.615. The first-order chi connectivity index (χ1) is 14.2. The van der Waals surface area contributed by atoms with Gasteiger partial charge in [0.25, 0.3) is 0 Å². The molecule has 2 aromatic carbocycles. The summed E-state index contributed by atoms with van der Waals surface area (Å²) in [6.45, 7) is 5.22. The molecule has 5 nitrogen and oxygen atoms in total. The normalized spacial score (nSPS) is 14.2. The Morgan fingerprint density at radius 2 is 1.90 bits per heavy atom. The summed E-state index contributed by atoms with van der Waals surface area (Å²) in [6, 6.07) is 18.2. The van der Waals surface area contributed by atoms with Crippen LogP contribution in [0.1, 0.15) is 12.5 Å². The molecule has 6 heteroatoms. The second-order valence-corrected chi connectivity index (χ2v) is 7.92. The van der Waals surface area contributed by atoms with E-state index in [0.29, 0.717) is 19.0 Å². The number of nitrogens with zero attached hydrogens (tertiary/aromatic N) is 2. The summed E-state index contributed by atoms with van der Waals surface area (Å²) in [5.41, 5.74) is 4.04. The van der Waals surface area contributed by atoms with Gasteiger partial charge in [-0.05, 0) is 36.2 Å². The van der Waals surface area contributed by atoms with E-state index in [0.717, 1.165) is 46.8 Å². The van der Waals surface area contributed by atoms with Crippen molar-refractivity contribution < 1.29 is 9.53 Å². The highest BCUT2D eigenvalue weighted by Gasteiger charge is 2.16. The van der Waals surface area contributed by atoms with Crippen LogP contribution in [0.5, 0.6) is 0 Å². The van der Waals surface area contributed by atoms with Gasteiger partial charge in [0.2, 0.25) is 5.91 Å². The van der Waals surface area contributed by atoms with E-state index in [2.05, 4.69) is 29.3 Å². The molecular formula is C23H25N3O2S. The largest absolute Gasteiger partial charge is 0.378 e. The Balaban J connectivity index is 1.45. The van der Waals surface area contributed by atoms with E-state index in [1.807, 2.05) is 42.5 Å². The van der Waals surface area contributed by atoms with Gasteiger partial charge in [-0.3, -0.25) is 4.79 Å². The molecule has 150 valence electrons. The van der Waals surface area contributed by atoms with Crippen LogP contribution >= 0.6 is 11.8 Å². The molecule has 2 heterocycles. The second kappa shape index (κ2) is 9.29. The number of nitrogens with one attached hydrogen (secondary N) is 1. The monoisotopic (exact) mass is 407 g/mol. The third kappa shape index (κ3) is 4.71. The molecule has 0 radical (unpaired) electrons. The molecule has 0 aliphatic carbocycles. The number of ether oxygens (including phenoxy) is 1. The third-order valence-electron chi connectivity index (χ3n) is 5.01. The van der Waals surface area contributed by atoms with Crippen LogP contribution in [0.15, 0.2) is 59.6 Å². The number of amides is 1. The lowest BCUT2D eigenvalue weighted by molar-refractivity contribution is -0.113. The number of morpholine rings is 1. The first kappa shape index (κ1) is 19.7. The molecule has 4 rings (SSSR count). The number of aromatic nitrogens is 1. The molecule has 29 heavy (non-hydrogen) atoms. The molecule has 1 fully saturated rings. The van der Waals surface area contributed by atoms with E-state index >= 15 is 0 Å². The van der Waals surface area contributed by atoms with Gasteiger partial charge >= 0.3 is 0 Å². The van der Waals surface area contributed by atoms with Crippen molar-refractivity contribution >= 4 is 39.9 Å². The van der Waals surface area contributed by atoms with Crippen molar-refractivity contribution in [3.63, 3.8) is 0 Å². The molecule has 3 aromatic rings. The van der Waals surface area contributed by atoms with Gasteiger partial charge in [-0.1, -0.05) is 49.0 Å². The molecule has 0 saturated carbocycles.